The standard InChI is InChI=1S/C51H33N3O33S/c55-14-5(7-26(67)36(77)28(69)9-10-29(70)37(78)27(68)8(48(10)88-47(7)9)6-24(65)42(83)46(87)43(84)25(6)66)23(64)35(76)34(75)11(14)49-52-50(12-30(71)15(56)1(16(57)31(12)72)3-19(60)38(79)44(85)39(80)20(3)61)54-51(53-49)13-32(73)17(58)2(18(59)33(13)74)4-21(62)40(81)45(86)41(82)22(4)63/h55-87H. The molecule has 10 aromatic rings. The summed E-state index contributed by atoms with van der Waals surface area (Å²) in [7, 11) is 0. The van der Waals surface area contributed by atoms with Crippen LogP contribution in [0.2, 0.25) is 0 Å². The van der Waals surface area contributed by atoms with E-state index in [1.807, 2.05) is 0 Å². The van der Waals surface area contributed by atoms with E-state index in [1.54, 1.807) is 0 Å². The number of fused-ring (bicyclic) bond motifs is 3. The average Bonchev–Trinajstić information content (AvgIpc) is 1.52. The van der Waals surface area contributed by atoms with E-state index in [0.29, 0.717) is 0 Å². The van der Waals surface area contributed by atoms with E-state index in [4.69, 9.17) is 0 Å². The van der Waals surface area contributed by atoms with Gasteiger partial charge in [-0.2, -0.15) is 0 Å². The number of thiophene rings is 1. The first kappa shape index (κ1) is 57.6. The maximum atomic E-state index is 12.4. The maximum Gasteiger partial charge on any atom is 0.208 e. The summed E-state index contributed by atoms with van der Waals surface area (Å²) in [6.07, 6.45) is 0. The van der Waals surface area contributed by atoms with Crippen LogP contribution in [0, 0.1) is 0 Å². The Morgan fingerprint density at radius 3 is 0.523 bits per heavy atom. The molecule has 0 radical (unpaired) electrons. The zero-order valence-electron chi connectivity index (χ0n) is 42.0. The molecule has 456 valence electrons. The predicted octanol–water partition coefficient (Wildman–Crippen LogP) is 4.19. The van der Waals surface area contributed by atoms with E-state index in [9.17, 15) is 169 Å². The lowest BCUT2D eigenvalue weighted by Crippen LogP contribution is -2.03. The van der Waals surface area contributed by atoms with E-state index >= 15 is 0 Å². The molecule has 0 saturated heterocycles. The van der Waals surface area contributed by atoms with Gasteiger partial charge in [0.2, 0.25) is 69.0 Å². The van der Waals surface area contributed by atoms with Crippen molar-refractivity contribution < 1.29 is 169 Å². The molecule has 0 aliphatic heterocycles. The minimum atomic E-state index is -1.88. The number of aromatic nitrogens is 3. The average molecular weight is 1250 g/mol. The lowest BCUT2D eigenvalue weighted by Gasteiger charge is -2.20. The number of hydrogen-bond donors (Lipinski definition) is 33. The van der Waals surface area contributed by atoms with E-state index in [2.05, 4.69) is 15.0 Å². The van der Waals surface area contributed by atoms with Gasteiger partial charge in [0, 0.05) is 0 Å². The Hall–Kier alpha value is -13.6. The zero-order valence-corrected chi connectivity index (χ0v) is 42.8. The fourth-order valence-electron chi connectivity index (χ4n) is 9.53. The third-order valence-electron chi connectivity index (χ3n) is 13.8. The highest BCUT2D eigenvalue weighted by atomic mass is 32.1. The van der Waals surface area contributed by atoms with Gasteiger partial charge in [0.05, 0.1) is 64.7 Å². The lowest BCUT2D eigenvalue weighted by molar-refractivity contribution is 0.329. The molecule has 0 saturated carbocycles. The van der Waals surface area contributed by atoms with Crippen LogP contribution in [0.5, 0.6) is 190 Å². The Morgan fingerprint density at radius 2 is 0.273 bits per heavy atom. The molecule has 0 bridgehead atoms. The first-order valence-corrected chi connectivity index (χ1v) is 23.9. The van der Waals surface area contributed by atoms with Crippen molar-refractivity contribution in [1.82, 2.24) is 15.0 Å². The van der Waals surface area contributed by atoms with Gasteiger partial charge in [0.15, 0.2) is 132 Å². The SMILES string of the molecule is Oc1c(O)c(O)c(-c2c(O)c(O)c(-c3nc(-c4c(O)c(O)c(-c5c(O)c(O)c(O)c(O)c5O)c(O)c4O)nc(-c4c(O)c(O)c(O)c(-c5c(O)c(O)c(O)c6c5sc5c(-c7c(O)c(O)c(O)c(O)c7O)c(O)c(O)c(O)c56)c4O)n3)c(O)c2O)c(O)c1O. The molecule has 2 heterocycles. The van der Waals surface area contributed by atoms with Crippen molar-refractivity contribution in [1.29, 1.82) is 0 Å². The molecular weight excluding hydrogens is 1210 g/mol. The second-order valence-corrected chi connectivity index (χ2v) is 19.5. The summed E-state index contributed by atoms with van der Waals surface area (Å²) in [5.41, 5.74) is -16.0. The van der Waals surface area contributed by atoms with Crippen LogP contribution in [0.25, 0.3) is 98.8 Å². The van der Waals surface area contributed by atoms with Crippen molar-refractivity contribution in [3.8, 4) is 268 Å². The smallest absolute Gasteiger partial charge is 0.208 e. The number of rotatable bonds is 7. The van der Waals surface area contributed by atoms with Crippen LogP contribution in [0.15, 0.2) is 0 Å². The van der Waals surface area contributed by atoms with Crippen LogP contribution < -0.4 is 0 Å². The summed E-state index contributed by atoms with van der Waals surface area (Å²) in [5.74, 6) is -61.2. The van der Waals surface area contributed by atoms with E-state index < -0.39 is 289 Å². The summed E-state index contributed by atoms with van der Waals surface area (Å²) in [6.45, 7) is 0. The summed E-state index contributed by atoms with van der Waals surface area (Å²) in [4.78, 5) is 11.4. The Labute approximate surface area is 482 Å². The Bertz CT molecular complexity index is 4610. The van der Waals surface area contributed by atoms with E-state index in [-0.39, 0.29) is 11.3 Å². The summed E-state index contributed by atoms with van der Waals surface area (Å²) < 4.78 is -1.78. The van der Waals surface area contributed by atoms with Gasteiger partial charge in [0.25, 0.3) is 0 Å². The molecule has 0 fully saturated rings. The molecule has 0 atom stereocenters. The molecule has 36 nitrogen and oxygen atoms in total. The second kappa shape index (κ2) is 18.7. The van der Waals surface area contributed by atoms with Gasteiger partial charge in [-0.1, -0.05) is 0 Å². The molecule has 0 amide bonds. The molecular formula is C51H33N3O33S. The van der Waals surface area contributed by atoms with Crippen LogP contribution in [-0.4, -0.2) is 183 Å². The van der Waals surface area contributed by atoms with Gasteiger partial charge < -0.3 is 169 Å². The molecule has 33 N–H and O–H groups in total. The lowest BCUT2D eigenvalue weighted by atomic mass is 9.93. The second-order valence-electron chi connectivity index (χ2n) is 18.4. The number of aromatic hydroxyl groups is 33. The fraction of sp³-hybridized carbons (Fsp3) is 0. The van der Waals surface area contributed by atoms with Crippen LogP contribution in [0.3, 0.4) is 0 Å². The molecule has 0 spiro atoms. The Morgan fingerprint density at radius 1 is 0.136 bits per heavy atom. The van der Waals surface area contributed by atoms with Crippen molar-refractivity contribution in [2.24, 2.45) is 0 Å². The minimum Gasteiger partial charge on any atom is -0.506 e. The minimum absolute atomic E-state index is 0.00746. The topological polar surface area (TPSA) is 706 Å². The summed E-state index contributed by atoms with van der Waals surface area (Å²) in [6, 6.07) is 0. The molecule has 2 aromatic heterocycles. The highest BCUT2D eigenvalue weighted by molar-refractivity contribution is 7.27. The first-order valence-electron chi connectivity index (χ1n) is 23.1. The molecule has 0 aliphatic carbocycles. The van der Waals surface area contributed by atoms with Crippen molar-refractivity contribution >= 4 is 31.5 Å². The first-order chi connectivity index (χ1) is 41.0. The molecule has 0 aliphatic rings. The van der Waals surface area contributed by atoms with Gasteiger partial charge in [-0.05, 0) is 0 Å². The zero-order chi connectivity index (χ0) is 65.3. The fourth-order valence-corrected chi connectivity index (χ4v) is 10.9. The Kier molecular flexibility index (Phi) is 12.2. The van der Waals surface area contributed by atoms with Crippen molar-refractivity contribution in [2.75, 3.05) is 0 Å². The van der Waals surface area contributed by atoms with Crippen LogP contribution in [0.1, 0.15) is 0 Å². The van der Waals surface area contributed by atoms with Gasteiger partial charge in [-0.3, -0.25) is 0 Å². The van der Waals surface area contributed by atoms with Gasteiger partial charge >= 0.3 is 0 Å². The number of nitrogens with zero attached hydrogens (tertiary/aromatic N) is 3. The largest absolute Gasteiger partial charge is 0.506 e. The summed E-state index contributed by atoms with van der Waals surface area (Å²) >= 11 is -0.00746. The van der Waals surface area contributed by atoms with E-state index in [1.165, 1.54) is 0 Å². The van der Waals surface area contributed by atoms with Crippen molar-refractivity contribution in [2.45, 2.75) is 0 Å². The number of phenols is 33. The third kappa shape index (κ3) is 7.20. The highest BCUT2D eigenvalue weighted by Gasteiger charge is 2.41. The van der Waals surface area contributed by atoms with Crippen molar-refractivity contribution in [3.63, 3.8) is 0 Å². The predicted molar refractivity (Wildman–Crippen MR) is 286 cm³/mol. The van der Waals surface area contributed by atoms with Gasteiger partial charge in [-0.15, -0.1) is 11.3 Å². The third-order valence-corrected chi connectivity index (χ3v) is 15.0. The van der Waals surface area contributed by atoms with Crippen LogP contribution in [0.4, 0.5) is 0 Å². The van der Waals surface area contributed by atoms with Gasteiger partial charge in [0.1, 0.15) is 22.4 Å². The monoisotopic (exact) mass is 1250 g/mol. The molecule has 8 aromatic carbocycles. The number of hydrogen-bond acceptors (Lipinski definition) is 37. The molecule has 88 heavy (non-hydrogen) atoms. The molecule has 0 unspecified atom stereocenters. The van der Waals surface area contributed by atoms with Gasteiger partial charge in [-0.25, -0.2) is 15.0 Å². The maximum absolute atomic E-state index is 12.4. The molecule has 37 heteroatoms. The number of benzene rings is 8. The van der Waals surface area contributed by atoms with Crippen LogP contribution in [-0.2, 0) is 0 Å². The highest BCUT2D eigenvalue weighted by Crippen LogP contribution is 2.69. The normalized spacial score (nSPS) is 11.5. The van der Waals surface area contributed by atoms with Crippen molar-refractivity contribution in [3.05, 3.63) is 0 Å². The Balaban J connectivity index is 1.34. The van der Waals surface area contributed by atoms with Crippen LogP contribution >= 0.6 is 11.3 Å². The summed E-state index contributed by atoms with van der Waals surface area (Å²) in [5, 5.41) is 361. The molecule has 10 rings (SSSR count). The number of phenolic OH excluding ortho intramolecular Hbond substituents is 33. The quantitative estimate of drug-likeness (QED) is 0.0785. The van der Waals surface area contributed by atoms with E-state index in [0.717, 1.165) is 0 Å².